The summed E-state index contributed by atoms with van der Waals surface area (Å²) < 4.78 is 77.7. The molecule has 0 unspecified atom stereocenters. The molecule has 9 heteroatoms. The van der Waals surface area contributed by atoms with Gasteiger partial charge in [-0.15, -0.1) is 0 Å². The quantitative estimate of drug-likeness (QED) is 0.737. The van der Waals surface area contributed by atoms with Gasteiger partial charge in [-0.1, -0.05) is 12.1 Å². The van der Waals surface area contributed by atoms with E-state index >= 15 is 0 Å². The fraction of sp³-hybridized carbons (Fsp3) is 0.333. The van der Waals surface area contributed by atoms with Crippen LogP contribution in [0.5, 0.6) is 0 Å². The first kappa shape index (κ1) is 19.8. The molecule has 1 aliphatic heterocycles. The molecule has 27 heavy (non-hydrogen) atoms. The summed E-state index contributed by atoms with van der Waals surface area (Å²) in [4.78, 5) is 1.85. The van der Waals surface area contributed by atoms with Crippen LogP contribution in [0, 0.1) is 5.82 Å². The molecule has 1 saturated heterocycles. The number of benzene rings is 2. The van der Waals surface area contributed by atoms with Crippen LogP contribution < -0.4 is 0 Å². The van der Waals surface area contributed by atoms with Gasteiger partial charge in [0.1, 0.15) is 5.82 Å². The van der Waals surface area contributed by atoms with E-state index in [1.54, 1.807) is 12.1 Å². The van der Waals surface area contributed by atoms with Crippen molar-refractivity contribution in [1.29, 1.82) is 0 Å². The molecule has 3 rings (SSSR count). The van der Waals surface area contributed by atoms with Crippen LogP contribution in [0.4, 0.5) is 17.6 Å². The zero-order valence-corrected chi connectivity index (χ0v) is 15.1. The lowest BCUT2D eigenvalue weighted by atomic mass is 10.2. The predicted molar refractivity (Wildman–Crippen MR) is 91.9 cm³/mol. The van der Waals surface area contributed by atoms with Gasteiger partial charge in [-0.3, -0.25) is 4.90 Å². The van der Waals surface area contributed by atoms with Crippen molar-refractivity contribution in [2.45, 2.75) is 17.6 Å². The smallest absolute Gasteiger partial charge is 0.296 e. The van der Waals surface area contributed by atoms with E-state index in [1.807, 2.05) is 4.90 Å². The zero-order chi connectivity index (χ0) is 19.7. The summed E-state index contributed by atoms with van der Waals surface area (Å²) in [5.74, 6) is -0.323. The maximum atomic E-state index is 13.3. The van der Waals surface area contributed by atoms with Gasteiger partial charge in [0.25, 0.3) is 0 Å². The van der Waals surface area contributed by atoms with Crippen LogP contribution in [-0.4, -0.2) is 43.8 Å². The third-order valence-corrected chi connectivity index (χ3v) is 6.36. The monoisotopic (exact) mass is 402 g/mol. The van der Waals surface area contributed by atoms with E-state index in [-0.39, 0.29) is 23.8 Å². The van der Waals surface area contributed by atoms with E-state index in [0.717, 1.165) is 29.8 Å². The molecule has 4 nitrogen and oxygen atoms in total. The van der Waals surface area contributed by atoms with Gasteiger partial charge >= 0.3 is 6.18 Å². The van der Waals surface area contributed by atoms with E-state index in [1.165, 1.54) is 16.4 Å². The van der Waals surface area contributed by atoms with E-state index in [9.17, 15) is 26.0 Å². The van der Waals surface area contributed by atoms with Gasteiger partial charge in [-0.25, -0.2) is 12.8 Å². The van der Waals surface area contributed by atoms with Gasteiger partial charge in [0.2, 0.25) is 10.0 Å². The number of hydrogen-bond donors (Lipinski definition) is 0. The topological polar surface area (TPSA) is 40.6 Å². The van der Waals surface area contributed by atoms with Gasteiger partial charge in [-0.2, -0.15) is 17.5 Å². The van der Waals surface area contributed by atoms with Crippen molar-refractivity contribution in [3.05, 3.63) is 65.5 Å². The first-order valence-corrected chi connectivity index (χ1v) is 9.74. The first-order chi connectivity index (χ1) is 12.7. The second kappa shape index (κ2) is 7.57. The van der Waals surface area contributed by atoms with Gasteiger partial charge in [0, 0.05) is 32.7 Å². The van der Waals surface area contributed by atoms with Crippen molar-refractivity contribution in [2.24, 2.45) is 0 Å². The molecule has 0 aromatic heterocycles. The Balaban J connectivity index is 1.64. The molecule has 146 valence electrons. The standard InChI is InChI=1S/C18H18F4N2O2S/c19-16-3-1-2-14(12-16)13-23-8-10-24(11-9-23)27(25,26)17-6-4-15(5-7-17)18(20,21)22/h1-7,12H,8-11,13H2. The molecular weight excluding hydrogens is 384 g/mol. The van der Waals surface area contributed by atoms with Crippen molar-refractivity contribution in [2.75, 3.05) is 26.2 Å². The number of piperazine rings is 1. The fourth-order valence-electron chi connectivity index (χ4n) is 2.99. The molecule has 1 aliphatic rings. The summed E-state index contributed by atoms with van der Waals surface area (Å²) in [5.41, 5.74) is -0.0876. The first-order valence-electron chi connectivity index (χ1n) is 8.30. The van der Waals surface area contributed by atoms with Crippen LogP contribution in [0.1, 0.15) is 11.1 Å². The van der Waals surface area contributed by atoms with Crippen LogP contribution in [0.25, 0.3) is 0 Å². The Hall–Kier alpha value is -1.97. The minimum atomic E-state index is -4.51. The lowest BCUT2D eigenvalue weighted by Crippen LogP contribution is -2.48. The predicted octanol–water partition coefficient (Wildman–Crippen LogP) is 3.35. The SMILES string of the molecule is O=S(=O)(c1ccc(C(F)(F)F)cc1)N1CCN(Cc2cccc(F)c2)CC1. The largest absolute Gasteiger partial charge is 0.416 e. The van der Waals surface area contributed by atoms with Gasteiger partial charge in [-0.05, 0) is 42.0 Å². The summed E-state index contributed by atoms with van der Waals surface area (Å²) >= 11 is 0. The molecule has 0 N–H and O–H groups in total. The maximum absolute atomic E-state index is 13.3. The highest BCUT2D eigenvalue weighted by molar-refractivity contribution is 7.89. The Morgan fingerprint density at radius 3 is 2.11 bits per heavy atom. The Morgan fingerprint density at radius 2 is 1.56 bits per heavy atom. The third-order valence-electron chi connectivity index (χ3n) is 4.45. The van der Waals surface area contributed by atoms with Crippen LogP contribution in [-0.2, 0) is 22.7 Å². The Labute approximate surface area is 155 Å². The Bertz CT molecular complexity index is 890. The number of sulfonamides is 1. The number of halogens is 4. The lowest BCUT2D eigenvalue weighted by molar-refractivity contribution is -0.137. The average molecular weight is 402 g/mol. The Morgan fingerprint density at radius 1 is 0.926 bits per heavy atom. The minimum absolute atomic E-state index is 0.158. The molecule has 0 saturated carbocycles. The van der Waals surface area contributed by atoms with E-state index in [2.05, 4.69) is 0 Å². The van der Waals surface area contributed by atoms with Gasteiger partial charge in [0.05, 0.1) is 10.5 Å². The van der Waals surface area contributed by atoms with Crippen LogP contribution in [0.2, 0.25) is 0 Å². The second-order valence-corrected chi connectivity index (χ2v) is 8.27. The van der Waals surface area contributed by atoms with Crippen LogP contribution in [0.3, 0.4) is 0 Å². The van der Waals surface area contributed by atoms with Gasteiger partial charge < -0.3 is 0 Å². The molecule has 1 fully saturated rings. The average Bonchev–Trinajstić information content (AvgIpc) is 2.62. The van der Waals surface area contributed by atoms with E-state index in [0.29, 0.717) is 19.6 Å². The number of alkyl halides is 3. The molecule has 0 spiro atoms. The second-order valence-electron chi connectivity index (χ2n) is 6.33. The molecular formula is C18H18F4N2O2S. The molecule has 0 bridgehead atoms. The number of rotatable bonds is 4. The zero-order valence-electron chi connectivity index (χ0n) is 14.3. The molecule has 0 aliphatic carbocycles. The van der Waals surface area contributed by atoms with Crippen LogP contribution in [0.15, 0.2) is 53.4 Å². The highest BCUT2D eigenvalue weighted by atomic mass is 32.2. The van der Waals surface area contributed by atoms with Crippen molar-refractivity contribution in [3.8, 4) is 0 Å². The summed E-state index contributed by atoms with van der Waals surface area (Å²) in [5, 5.41) is 0. The van der Waals surface area contributed by atoms with Crippen LogP contribution >= 0.6 is 0 Å². The normalized spacial score (nSPS) is 17.2. The molecule has 2 aromatic rings. The molecule has 2 aromatic carbocycles. The molecule has 0 amide bonds. The minimum Gasteiger partial charge on any atom is -0.296 e. The molecule has 0 radical (unpaired) electrons. The Kier molecular flexibility index (Phi) is 5.55. The summed E-state index contributed by atoms with van der Waals surface area (Å²) in [6.07, 6.45) is -4.51. The van der Waals surface area contributed by atoms with E-state index < -0.39 is 21.8 Å². The van der Waals surface area contributed by atoms with Crippen molar-refractivity contribution >= 4 is 10.0 Å². The molecule has 0 atom stereocenters. The number of hydrogen-bond acceptors (Lipinski definition) is 3. The third kappa shape index (κ3) is 4.66. The van der Waals surface area contributed by atoms with Crippen molar-refractivity contribution < 1.29 is 26.0 Å². The maximum Gasteiger partial charge on any atom is 0.416 e. The van der Waals surface area contributed by atoms with Crippen molar-refractivity contribution in [1.82, 2.24) is 9.21 Å². The van der Waals surface area contributed by atoms with Gasteiger partial charge in [0.15, 0.2) is 0 Å². The highest BCUT2D eigenvalue weighted by Crippen LogP contribution is 2.30. The fourth-order valence-corrected chi connectivity index (χ4v) is 4.41. The molecule has 1 heterocycles. The lowest BCUT2D eigenvalue weighted by Gasteiger charge is -2.34. The summed E-state index contributed by atoms with van der Waals surface area (Å²) in [6, 6.07) is 9.72. The number of nitrogens with zero attached hydrogens (tertiary/aromatic N) is 2. The van der Waals surface area contributed by atoms with Crippen molar-refractivity contribution in [3.63, 3.8) is 0 Å². The van der Waals surface area contributed by atoms with E-state index in [4.69, 9.17) is 0 Å². The summed E-state index contributed by atoms with van der Waals surface area (Å²) in [6.45, 7) is 1.86. The highest BCUT2D eigenvalue weighted by Gasteiger charge is 2.32. The summed E-state index contributed by atoms with van der Waals surface area (Å²) in [7, 11) is -3.85.